The summed E-state index contributed by atoms with van der Waals surface area (Å²) in [5.74, 6) is 2.00. The highest BCUT2D eigenvalue weighted by atomic mass is 79.9. The van der Waals surface area contributed by atoms with E-state index in [0.717, 1.165) is 34.4 Å². The topological polar surface area (TPSA) is 44.5 Å². The molecular weight excluding hydrogens is 294 g/mol. The fourth-order valence-electron chi connectivity index (χ4n) is 2.09. The van der Waals surface area contributed by atoms with Gasteiger partial charge in [-0.25, -0.2) is 0 Å². The highest BCUT2D eigenvalue weighted by Crippen LogP contribution is 2.37. The largest absolute Gasteiger partial charge is 0.496 e. The summed E-state index contributed by atoms with van der Waals surface area (Å²) in [5, 5.41) is 0. The summed E-state index contributed by atoms with van der Waals surface area (Å²) in [4.78, 5) is 0. The molecule has 0 bridgehead atoms. The summed E-state index contributed by atoms with van der Waals surface area (Å²) in [5.41, 5.74) is 7.32. The second-order valence-electron chi connectivity index (χ2n) is 4.52. The molecule has 3 nitrogen and oxygen atoms in total. The predicted octanol–water partition coefficient (Wildman–Crippen LogP) is 3.90. The van der Waals surface area contributed by atoms with E-state index >= 15 is 0 Å². The predicted molar refractivity (Wildman–Crippen MR) is 78.2 cm³/mol. The lowest BCUT2D eigenvalue weighted by molar-refractivity contribution is 0.375. The van der Waals surface area contributed by atoms with Crippen molar-refractivity contribution in [3.05, 3.63) is 22.2 Å². The van der Waals surface area contributed by atoms with Gasteiger partial charge in [0.25, 0.3) is 0 Å². The minimum atomic E-state index is -0.0399. The van der Waals surface area contributed by atoms with Gasteiger partial charge in [0, 0.05) is 11.6 Å². The van der Waals surface area contributed by atoms with Crippen LogP contribution in [0.1, 0.15) is 38.3 Å². The van der Waals surface area contributed by atoms with Gasteiger partial charge in [0.15, 0.2) is 0 Å². The molecule has 0 saturated heterocycles. The summed E-state index contributed by atoms with van der Waals surface area (Å²) < 4.78 is 11.6. The number of ether oxygens (including phenoxy) is 2. The van der Waals surface area contributed by atoms with Gasteiger partial charge in [0.2, 0.25) is 0 Å². The van der Waals surface area contributed by atoms with Crippen LogP contribution in [-0.4, -0.2) is 14.2 Å². The van der Waals surface area contributed by atoms with Crippen molar-refractivity contribution in [2.24, 2.45) is 11.7 Å². The number of nitrogens with two attached hydrogens (primary N) is 1. The van der Waals surface area contributed by atoms with Crippen LogP contribution in [0.4, 0.5) is 0 Å². The van der Waals surface area contributed by atoms with Gasteiger partial charge in [-0.15, -0.1) is 0 Å². The molecule has 2 atom stereocenters. The molecule has 18 heavy (non-hydrogen) atoms. The van der Waals surface area contributed by atoms with Gasteiger partial charge < -0.3 is 15.2 Å². The van der Waals surface area contributed by atoms with Crippen molar-refractivity contribution < 1.29 is 9.47 Å². The average Bonchev–Trinajstić information content (AvgIpc) is 2.37. The van der Waals surface area contributed by atoms with E-state index in [2.05, 4.69) is 29.8 Å². The van der Waals surface area contributed by atoms with Gasteiger partial charge in [-0.05, 0) is 40.4 Å². The molecule has 0 aromatic heterocycles. The fourth-order valence-corrected chi connectivity index (χ4v) is 2.57. The second kappa shape index (κ2) is 7.00. The van der Waals surface area contributed by atoms with Crippen LogP contribution >= 0.6 is 15.9 Å². The Morgan fingerprint density at radius 3 is 2.33 bits per heavy atom. The van der Waals surface area contributed by atoms with E-state index in [4.69, 9.17) is 15.2 Å². The molecule has 0 amide bonds. The summed E-state index contributed by atoms with van der Waals surface area (Å²) in [6.07, 6.45) is 2.23. The van der Waals surface area contributed by atoms with Crippen molar-refractivity contribution in [1.82, 2.24) is 0 Å². The lowest BCUT2D eigenvalue weighted by atomic mass is 9.91. The van der Waals surface area contributed by atoms with Crippen LogP contribution in [-0.2, 0) is 0 Å². The van der Waals surface area contributed by atoms with Crippen molar-refractivity contribution in [2.45, 2.75) is 32.7 Å². The third-order valence-corrected chi connectivity index (χ3v) is 3.84. The maximum atomic E-state index is 6.32. The summed E-state index contributed by atoms with van der Waals surface area (Å²) >= 11 is 3.45. The molecule has 2 N–H and O–H groups in total. The zero-order valence-corrected chi connectivity index (χ0v) is 13.1. The molecule has 1 rings (SSSR count). The van der Waals surface area contributed by atoms with E-state index in [0.29, 0.717) is 5.92 Å². The van der Waals surface area contributed by atoms with Crippen LogP contribution in [0.2, 0.25) is 0 Å². The van der Waals surface area contributed by atoms with Crippen LogP contribution in [0, 0.1) is 5.92 Å². The number of hydrogen-bond donors (Lipinski definition) is 1. The average molecular weight is 316 g/mol. The minimum Gasteiger partial charge on any atom is -0.496 e. The van der Waals surface area contributed by atoms with E-state index in [1.54, 1.807) is 14.2 Å². The van der Waals surface area contributed by atoms with Crippen molar-refractivity contribution in [1.29, 1.82) is 0 Å². The molecule has 2 unspecified atom stereocenters. The number of rotatable bonds is 6. The quantitative estimate of drug-likeness (QED) is 0.865. The Hall–Kier alpha value is -0.740. The maximum absolute atomic E-state index is 6.32. The minimum absolute atomic E-state index is 0.0399. The lowest BCUT2D eigenvalue weighted by Crippen LogP contribution is -2.20. The van der Waals surface area contributed by atoms with Crippen molar-refractivity contribution in [3.8, 4) is 11.5 Å². The molecular formula is C14H22BrNO2. The Labute approximate surface area is 118 Å². The van der Waals surface area contributed by atoms with Gasteiger partial charge >= 0.3 is 0 Å². The highest BCUT2D eigenvalue weighted by molar-refractivity contribution is 9.10. The van der Waals surface area contributed by atoms with Gasteiger partial charge in [0.1, 0.15) is 11.5 Å². The second-order valence-corrected chi connectivity index (χ2v) is 5.37. The third kappa shape index (κ3) is 3.39. The van der Waals surface area contributed by atoms with E-state index in [-0.39, 0.29) is 6.04 Å². The zero-order chi connectivity index (χ0) is 13.7. The smallest absolute Gasteiger partial charge is 0.133 e. The standard InChI is InChI=1S/C14H22BrNO2/c1-5-6-9(2)14(16)10-7-13(18-4)11(15)8-12(10)17-3/h7-9,14H,5-6,16H2,1-4H3. The third-order valence-electron chi connectivity index (χ3n) is 3.22. The normalized spacial score (nSPS) is 14.1. The Morgan fingerprint density at radius 2 is 1.83 bits per heavy atom. The first-order valence-corrected chi connectivity index (χ1v) is 7.01. The van der Waals surface area contributed by atoms with Gasteiger partial charge in [0.05, 0.1) is 18.7 Å². The molecule has 0 aliphatic rings. The Kier molecular flexibility index (Phi) is 5.96. The molecule has 0 radical (unpaired) electrons. The highest BCUT2D eigenvalue weighted by Gasteiger charge is 2.20. The van der Waals surface area contributed by atoms with E-state index in [1.165, 1.54) is 0 Å². The number of halogens is 1. The van der Waals surface area contributed by atoms with E-state index in [9.17, 15) is 0 Å². The molecule has 0 heterocycles. The molecule has 0 fully saturated rings. The maximum Gasteiger partial charge on any atom is 0.133 e. The SMILES string of the molecule is CCCC(C)C(N)c1cc(OC)c(Br)cc1OC. The van der Waals surface area contributed by atoms with Crippen LogP contribution < -0.4 is 15.2 Å². The molecule has 0 aliphatic heterocycles. The van der Waals surface area contributed by atoms with Crippen LogP contribution in [0.3, 0.4) is 0 Å². The van der Waals surface area contributed by atoms with Crippen molar-refractivity contribution in [3.63, 3.8) is 0 Å². The monoisotopic (exact) mass is 315 g/mol. The molecule has 1 aromatic rings. The molecule has 1 aromatic carbocycles. The van der Waals surface area contributed by atoms with Crippen LogP contribution in [0.5, 0.6) is 11.5 Å². The van der Waals surface area contributed by atoms with Gasteiger partial charge in [-0.3, -0.25) is 0 Å². The van der Waals surface area contributed by atoms with E-state index < -0.39 is 0 Å². The Bertz CT molecular complexity index is 396. The van der Waals surface area contributed by atoms with Gasteiger partial charge in [-0.2, -0.15) is 0 Å². The van der Waals surface area contributed by atoms with Crippen molar-refractivity contribution in [2.75, 3.05) is 14.2 Å². The summed E-state index contributed by atoms with van der Waals surface area (Å²) in [6, 6.07) is 3.83. The van der Waals surface area contributed by atoms with E-state index in [1.807, 2.05) is 12.1 Å². The first-order chi connectivity index (χ1) is 8.54. The summed E-state index contributed by atoms with van der Waals surface area (Å²) in [6.45, 7) is 4.34. The Balaban J connectivity index is 3.12. The number of hydrogen-bond acceptors (Lipinski definition) is 3. The molecule has 0 saturated carbocycles. The number of benzene rings is 1. The molecule has 0 aliphatic carbocycles. The number of methoxy groups -OCH3 is 2. The fraction of sp³-hybridized carbons (Fsp3) is 0.571. The van der Waals surface area contributed by atoms with Crippen LogP contribution in [0.25, 0.3) is 0 Å². The molecule has 0 spiro atoms. The van der Waals surface area contributed by atoms with Crippen LogP contribution in [0.15, 0.2) is 16.6 Å². The Morgan fingerprint density at radius 1 is 1.22 bits per heavy atom. The first-order valence-electron chi connectivity index (χ1n) is 6.22. The zero-order valence-electron chi connectivity index (χ0n) is 11.5. The molecule has 4 heteroatoms. The van der Waals surface area contributed by atoms with Crippen molar-refractivity contribution >= 4 is 15.9 Å². The first kappa shape index (κ1) is 15.3. The summed E-state index contributed by atoms with van der Waals surface area (Å²) in [7, 11) is 3.31. The lowest BCUT2D eigenvalue weighted by Gasteiger charge is -2.23. The molecule has 102 valence electrons. The van der Waals surface area contributed by atoms with Gasteiger partial charge in [-0.1, -0.05) is 20.3 Å².